The molecule has 0 bridgehead atoms. The SMILES string of the molecule is COc1ccc(C(N)(c2ccc(OC)cc2)[C@H](N)C(C)C)cc1.C[Si](C)(C)c1cc(P(c2ccccc2)c2ccccc2)c(-c2c(P(c3ccccc3)c3ccccc3)cc([Si](C)(C)C)c3ccccc23)c2ccccc12.[Cl][Ru][Cl]. The van der Waals surface area contributed by atoms with Crippen molar-refractivity contribution in [3.63, 3.8) is 0 Å². The van der Waals surface area contributed by atoms with Crippen molar-refractivity contribution in [1.82, 2.24) is 0 Å². The number of halogens is 2. The minimum absolute atomic E-state index is 0.226. The van der Waals surface area contributed by atoms with Crippen molar-refractivity contribution in [1.29, 1.82) is 0 Å². The van der Waals surface area contributed by atoms with Crippen molar-refractivity contribution in [3.8, 4) is 22.6 Å². The van der Waals surface area contributed by atoms with Crippen molar-refractivity contribution in [3.05, 3.63) is 242 Å². The van der Waals surface area contributed by atoms with Crippen molar-refractivity contribution in [2.45, 2.75) is 64.7 Å². The Morgan fingerprint density at radius 1 is 0.425 bits per heavy atom. The third-order valence-corrected chi connectivity index (χ3v) is 23.8. The molecule has 11 heteroatoms. The van der Waals surface area contributed by atoms with E-state index in [1.165, 1.54) is 74.9 Å². The molecule has 0 aliphatic rings. The van der Waals surface area contributed by atoms with Crippen LogP contribution < -0.4 is 63.1 Å². The second-order valence-electron chi connectivity index (χ2n) is 22.4. The van der Waals surface area contributed by atoms with Crippen LogP contribution in [0.2, 0.25) is 39.3 Å². The maximum atomic E-state index is 6.86. The summed E-state index contributed by atoms with van der Waals surface area (Å²) in [6.07, 6.45) is 0. The van der Waals surface area contributed by atoms with E-state index in [4.69, 9.17) is 40.3 Å². The molecule has 10 aromatic carbocycles. The van der Waals surface area contributed by atoms with Gasteiger partial charge in [0, 0.05) is 6.04 Å². The summed E-state index contributed by atoms with van der Waals surface area (Å²) in [5, 5.41) is 17.1. The Morgan fingerprint density at radius 3 is 0.938 bits per heavy atom. The molecule has 10 aromatic rings. The first-order valence-corrected chi connectivity index (χ1v) is 41.2. The second-order valence-corrected chi connectivity index (χ2v) is 39.5. The molecule has 1 atom stereocenters. The van der Waals surface area contributed by atoms with Crippen LogP contribution in [0.1, 0.15) is 25.0 Å². The van der Waals surface area contributed by atoms with E-state index >= 15 is 0 Å². The molecule has 412 valence electrons. The summed E-state index contributed by atoms with van der Waals surface area (Å²) in [6, 6.07) is 84.7. The van der Waals surface area contributed by atoms with Crippen LogP contribution in [-0.2, 0) is 20.7 Å². The van der Waals surface area contributed by atoms with Gasteiger partial charge in [0.25, 0.3) is 0 Å². The topological polar surface area (TPSA) is 70.5 Å². The van der Waals surface area contributed by atoms with E-state index in [0.29, 0.717) is 0 Å². The molecule has 0 unspecified atom stereocenters. The van der Waals surface area contributed by atoms with Crippen LogP contribution >= 0.6 is 35.2 Å². The molecule has 80 heavy (non-hydrogen) atoms. The molecule has 0 radical (unpaired) electrons. The number of ether oxygens (including phenoxy) is 2. The molecular formula is C69H74Cl2N2O2P2RuSi2. The first-order valence-electron chi connectivity index (χ1n) is 27.1. The summed E-state index contributed by atoms with van der Waals surface area (Å²) in [4.78, 5) is 0. The van der Waals surface area contributed by atoms with Gasteiger partial charge >= 0.3 is 34.5 Å². The van der Waals surface area contributed by atoms with Crippen molar-refractivity contribution < 1.29 is 24.6 Å². The van der Waals surface area contributed by atoms with E-state index in [-0.39, 0.29) is 27.1 Å². The number of hydrogen-bond acceptors (Lipinski definition) is 4. The molecular weight excluding hydrogens is 1180 g/mol. The van der Waals surface area contributed by atoms with Gasteiger partial charge in [-0.3, -0.25) is 0 Å². The quantitative estimate of drug-likeness (QED) is 0.0793. The van der Waals surface area contributed by atoms with E-state index in [2.05, 4.69) is 235 Å². The number of rotatable bonds is 15. The van der Waals surface area contributed by atoms with Crippen molar-refractivity contribution in [2.75, 3.05) is 14.2 Å². The van der Waals surface area contributed by atoms with E-state index in [0.717, 1.165) is 22.6 Å². The fourth-order valence-electron chi connectivity index (χ4n) is 10.8. The number of hydrogen-bond donors (Lipinski definition) is 2. The molecule has 4 N–H and O–H groups in total. The first kappa shape index (κ1) is 60.8. The predicted molar refractivity (Wildman–Crippen MR) is 356 cm³/mol. The molecule has 4 nitrogen and oxygen atoms in total. The Balaban J connectivity index is 0.000000270. The zero-order valence-corrected chi connectivity index (χ0v) is 54.6. The molecule has 0 heterocycles. The molecule has 0 saturated carbocycles. The van der Waals surface area contributed by atoms with E-state index < -0.39 is 37.5 Å². The van der Waals surface area contributed by atoms with Crippen LogP contribution in [0.25, 0.3) is 32.7 Å². The monoisotopic (exact) mass is 1250 g/mol. The second kappa shape index (κ2) is 27.2. The number of fused-ring (bicyclic) bond motifs is 2. The Labute approximate surface area is 496 Å². The summed E-state index contributed by atoms with van der Waals surface area (Å²) in [7, 11) is 7.55. The molecule has 0 fully saturated rings. The van der Waals surface area contributed by atoms with E-state index in [1.807, 2.05) is 48.5 Å². The van der Waals surface area contributed by atoms with Gasteiger partial charge in [-0.1, -0.05) is 270 Å². The Morgan fingerprint density at radius 2 is 0.688 bits per heavy atom. The van der Waals surface area contributed by atoms with Crippen LogP contribution in [0.4, 0.5) is 0 Å². The average Bonchev–Trinajstić information content (AvgIpc) is 3.67. The molecule has 0 amide bonds. The molecule has 0 aromatic heterocycles. The van der Waals surface area contributed by atoms with Crippen molar-refractivity contribution in [2.24, 2.45) is 17.4 Å². The number of nitrogens with two attached hydrogens (primary N) is 2. The zero-order valence-electron chi connectivity index (χ0n) is 47.6. The van der Waals surface area contributed by atoms with Crippen LogP contribution in [0.15, 0.2) is 231 Å². The van der Waals surface area contributed by atoms with Crippen LogP contribution in [0, 0.1) is 5.92 Å². The average molecular weight is 1250 g/mol. The standard InChI is InChI=1S/C50H48P2Si2.C19H26N2O2.2ClH.Ru/c1-53(2,3)47-35-45(51(37-23-11-7-12-24-37)38-25-13-8-14-26-38)49(43-33-21-19-31-41(43)47)50-44-34-22-20-32-42(44)48(54(4,5)6)36-46(50)52(39-27-15-9-16-28-39)40-29-17-10-18-30-40;1-13(2)18(20)19(21,14-5-9-16(22-3)10-6-14)15-7-11-17(23-4)12-8-15;;;/h7-36H,1-6H3;5-13,18H,20-21H2,1-4H3;2*1H;/q;;;;+2/p-2/t;18-;;;/m.1.../s1. The summed E-state index contributed by atoms with van der Waals surface area (Å²) in [5.74, 6) is 1.82. The molecule has 0 aliphatic carbocycles. The number of methoxy groups -OCH3 is 2. The Kier molecular flexibility index (Phi) is 20.7. The summed E-state index contributed by atoms with van der Waals surface area (Å²) < 4.78 is 10.5. The van der Waals surface area contributed by atoms with Gasteiger partial charge in [0.1, 0.15) is 11.5 Å². The molecule has 0 aliphatic heterocycles. The van der Waals surface area contributed by atoms with Crippen LogP contribution in [0.3, 0.4) is 0 Å². The van der Waals surface area contributed by atoms with Gasteiger partial charge in [-0.2, -0.15) is 0 Å². The zero-order chi connectivity index (χ0) is 57.2. The van der Waals surface area contributed by atoms with Gasteiger partial charge in [-0.25, -0.2) is 0 Å². The Bertz CT molecular complexity index is 3300. The minimum atomic E-state index is -1.81. The Hall–Kier alpha value is -5.26. The third kappa shape index (κ3) is 13.5. The van der Waals surface area contributed by atoms with Crippen LogP contribution in [0.5, 0.6) is 11.5 Å². The van der Waals surface area contributed by atoms with Gasteiger partial charge in [0.2, 0.25) is 0 Å². The predicted octanol–water partition coefficient (Wildman–Crippen LogP) is 14.5. The summed E-state index contributed by atoms with van der Waals surface area (Å²) >= 11 is -0.346. The maximum absolute atomic E-state index is 6.86. The fourth-order valence-corrected chi connectivity index (χ4v) is 19.3. The molecule has 10 rings (SSSR count). The van der Waals surface area contributed by atoms with Gasteiger partial charge in [0.05, 0.1) is 35.9 Å². The summed E-state index contributed by atoms with van der Waals surface area (Å²) in [5.41, 5.74) is 17.3. The van der Waals surface area contributed by atoms with Crippen molar-refractivity contribution >= 4 is 115 Å². The fraction of sp³-hybridized carbons (Fsp3) is 0.188. The number of benzene rings is 10. The molecule has 0 saturated heterocycles. The first-order chi connectivity index (χ1) is 38.5. The van der Waals surface area contributed by atoms with Gasteiger partial charge in [-0.05, 0) is 122 Å². The normalized spacial score (nSPS) is 12.3. The third-order valence-electron chi connectivity index (χ3n) is 14.8. The van der Waals surface area contributed by atoms with Gasteiger partial charge in [0.15, 0.2) is 0 Å². The van der Waals surface area contributed by atoms with Crippen LogP contribution in [-0.4, -0.2) is 36.4 Å². The van der Waals surface area contributed by atoms with Gasteiger partial charge < -0.3 is 20.9 Å². The van der Waals surface area contributed by atoms with E-state index in [1.54, 1.807) is 14.2 Å². The molecule has 0 spiro atoms. The van der Waals surface area contributed by atoms with E-state index in [9.17, 15) is 0 Å². The summed E-state index contributed by atoms with van der Waals surface area (Å²) in [6.45, 7) is 19.2. The van der Waals surface area contributed by atoms with Gasteiger partial charge in [-0.15, -0.1) is 0 Å².